The first-order valence-corrected chi connectivity index (χ1v) is 12.9. The molecule has 1 saturated heterocycles. The zero-order chi connectivity index (χ0) is 26.5. The van der Waals surface area contributed by atoms with E-state index in [9.17, 15) is 9.59 Å². The zero-order valence-electron chi connectivity index (χ0n) is 21.9. The minimum Gasteiger partial charge on any atom is -0.497 e. The molecule has 0 saturated carbocycles. The van der Waals surface area contributed by atoms with Crippen molar-refractivity contribution in [3.63, 3.8) is 0 Å². The van der Waals surface area contributed by atoms with E-state index in [1.165, 1.54) is 5.56 Å². The lowest BCUT2D eigenvalue weighted by molar-refractivity contribution is 0.0639. The van der Waals surface area contributed by atoms with Gasteiger partial charge in [-0.1, -0.05) is 42.5 Å². The van der Waals surface area contributed by atoms with Gasteiger partial charge in [0, 0.05) is 57.9 Å². The number of fused-ring (bicyclic) bond motifs is 1. The summed E-state index contributed by atoms with van der Waals surface area (Å²) in [5, 5.41) is 4.49. The van der Waals surface area contributed by atoms with E-state index in [-0.39, 0.29) is 11.8 Å². The van der Waals surface area contributed by atoms with Crippen molar-refractivity contribution in [1.29, 1.82) is 0 Å². The first-order chi connectivity index (χ1) is 18.5. The van der Waals surface area contributed by atoms with Crippen molar-refractivity contribution in [2.75, 3.05) is 53.5 Å². The van der Waals surface area contributed by atoms with Gasteiger partial charge in [-0.05, 0) is 23.3 Å². The Morgan fingerprint density at radius 1 is 0.921 bits per heavy atom. The summed E-state index contributed by atoms with van der Waals surface area (Å²) >= 11 is 0. The smallest absolute Gasteiger partial charge is 0.274 e. The molecule has 9 nitrogen and oxygen atoms in total. The average molecular weight is 516 g/mol. The maximum atomic E-state index is 13.3. The Kier molecular flexibility index (Phi) is 7.74. The van der Waals surface area contributed by atoms with Crippen LogP contribution in [-0.2, 0) is 13.1 Å². The third kappa shape index (κ3) is 5.73. The number of hydrogen-bond acceptors (Lipinski definition) is 6. The van der Waals surface area contributed by atoms with Crippen molar-refractivity contribution < 1.29 is 19.1 Å². The number of rotatable bonds is 8. The number of carbonyl (C=O) groups is 2. The molecule has 1 aromatic heterocycles. The van der Waals surface area contributed by atoms with E-state index < -0.39 is 0 Å². The standard InChI is InChI=1S/C29H33N5O4/c1-37-24-17-23(18-25(19-24)38-2)21-33-15-16-34-27(29(33)36)20-26(30-34)28(35)32-13-11-31(12-14-32)10-6-9-22-7-4-3-5-8-22/h3-9,17-20H,10-16,21H2,1-2H3/b9-6+. The number of piperazine rings is 1. The summed E-state index contributed by atoms with van der Waals surface area (Å²) < 4.78 is 12.4. The fraction of sp³-hybridized carbons (Fsp3) is 0.345. The van der Waals surface area contributed by atoms with Crippen molar-refractivity contribution in [3.05, 3.63) is 83.2 Å². The largest absolute Gasteiger partial charge is 0.497 e. The number of amides is 2. The van der Waals surface area contributed by atoms with Crippen molar-refractivity contribution in [2.45, 2.75) is 13.1 Å². The number of benzene rings is 2. The van der Waals surface area contributed by atoms with Crippen LogP contribution < -0.4 is 9.47 Å². The topological polar surface area (TPSA) is 80.1 Å². The molecule has 3 heterocycles. The Hall–Kier alpha value is -4.11. The molecule has 2 aliphatic heterocycles. The molecule has 0 N–H and O–H groups in total. The molecule has 0 spiro atoms. The summed E-state index contributed by atoms with van der Waals surface area (Å²) in [5.74, 6) is 1.09. The minimum atomic E-state index is -0.139. The Morgan fingerprint density at radius 2 is 1.63 bits per heavy atom. The van der Waals surface area contributed by atoms with Gasteiger partial charge in [-0.2, -0.15) is 5.10 Å². The molecule has 198 valence electrons. The first-order valence-electron chi connectivity index (χ1n) is 12.9. The van der Waals surface area contributed by atoms with Crippen LogP contribution in [0.5, 0.6) is 11.5 Å². The monoisotopic (exact) mass is 515 g/mol. The molecular formula is C29H33N5O4. The zero-order valence-corrected chi connectivity index (χ0v) is 21.9. The molecule has 0 radical (unpaired) electrons. The van der Waals surface area contributed by atoms with Crippen LogP contribution in [0.1, 0.15) is 32.1 Å². The number of methoxy groups -OCH3 is 2. The molecule has 5 rings (SSSR count). The van der Waals surface area contributed by atoms with Gasteiger partial charge in [-0.25, -0.2) is 0 Å². The van der Waals surface area contributed by atoms with Gasteiger partial charge in [0.1, 0.15) is 17.2 Å². The molecule has 9 heteroatoms. The predicted octanol–water partition coefficient (Wildman–Crippen LogP) is 3.03. The summed E-state index contributed by atoms with van der Waals surface area (Å²) in [4.78, 5) is 32.4. The lowest BCUT2D eigenvalue weighted by Crippen LogP contribution is -2.48. The van der Waals surface area contributed by atoms with Crippen LogP contribution in [0, 0.1) is 0 Å². The molecule has 0 atom stereocenters. The molecule has 2 aliphatic rings. The van der Waals surface area contributed by atoms with Gasteiger partial charge in [0.2, 0.25) is 0 Å². The number of carbonyl (C=O) groups excluding carboxylic acids is 2. The highest BCUT2D eigenvalue weighted by molar-refractivity contribution is 5.98. The van der Waals surface area contributed by atoms with E-state index in [1.807, 2.05) is 35.2 Å². The van der Waals surface area contributed by atoms with E-state index in [4.69, 9.17) is 9.47 Å². The van der Waals surface area contributed by atoms with E-state index in [1.54, 1.807) is 35.9 Å². The van der Waals surface area contributed by atoms with Gasteiger partial charge in [-0.3, -0.25) is 19.2 Å². The Morgan fingerprint density at radius 3 is 2.32 bits per heavy atom. The highest BCUT2D eigenvalue weighted by atomic mass is 16.5. The average Bonchev–Trinajstić information content (AvgIpc) is 3.40. The quantitative estimate of drug-likeness (QED) is 0.459. The molecule has 38 heavy (non-hydrogen) atoms. The summed E-state index contributed by atoms with van der Waals surface area (Å²) in [6.07, 6.45) is 4.29. The Labute approximate surface area is 222 Å². The molecule has 3 aromatic rings. The second-order valence-corrected chi connectivity index (χ2v) is 9.49. The van der Waals surface area contributed by atoms with Crippen molar-refractivity contribution in [3.8, 4) is 11.5 Å². The van der Waals surface area contributed by atoms with Gasteiger partial charge in [0.05, 0.1) is 20.8 Å². The van der Waals surface area contributed by atoms with Gasteiger partial charge >= 0.3 is 0 Å². The normalized spacial score (nSPS) is 16.1. The highest BCUT2D eigenvalue weighted by Crippen LogP contribution is 2.25. The number of ether oxygens (including phenoxy) is 2. The van der Waals surface area contributed by atoms with Crippen LogP contribution in [0.15, 0.2) is 60.7 Å². The molecule has 0 bridgehead atoms. The number of hydrogen-bond donors (Lipinski definition) is 0. The summed E-state index contributed by atoms with van der Waals surface area (Å²) in [7, 11) is 3.20. The maximum absolute atomic E-state index is 13.3. The minimum absolute atomic E-state index is 0.122. The van der Waals surface area contributed by atoms with Gasteiger partial charge < -0.3 is 19.3 Å². The fourth-order valence-corrected chi connectivity index (χ4v) is 4.87. The summed E-state index contributed by atoms with van der Waals surface area (Å²) in [6, 6.07) is 17.5. The summed E-state index contributed by atoms with van der Waals surface area (Å²) in [5.41, 5.74) is 2.87. The predicted molar refractivity (Wildman–Crippen MR) is 144 cm³/mol. The van der Waals surface area contributed by atoms with Crippen LogP contribution in [0.4, 0.5) is 0 Å². The Balaban J connectivity index is 1.18. The van der Waals surface area contributed by atoms with Crippen LogP contribution in [-0.4, -0.2) is 89.8 Å². The highest BCUT2D eigenvalue weighted by Gasteiger charge is 2.30. The molecule has 0 aliphatic carbocycles. The van der Waals surface area contributed by atoms with Crippen molar-refractivity contribution in [1.82, 2.24) is 24.5 Å². The third-order valence-electron chi connectivity index (χ3n) is 7.00. The van der Waals surface area contributed by atoms with Gasteiger partial charge in [-0.15, -0.1) is 0 Å². The van der Waals surface area contributed by atoms with Crippen LogP contribution >= 0.6 is 0 Å². The van der Waals surface area contributed by atoms with Crippen LogP contribution in [0.2, 0.25) is 0 Å². The summed E-state index contributed by atoms with van der Waals surface area (Å²) in [6.45, 7) is 5.19. The molecule has 0 unspecified atom stereocenters. The second kappa shape index (κ2) is 11.5. The van der Waals surface area contributed by atoms with Crippen LogP contribution in [0.25, 0.3) is 6.08 Å². The van der Waals surface area contributed by atoms with Crippen LogP contribution in [0.3, 0.4) is 0 Å². The number of nitrogens with zero attached hydrogens (tertiary/aromatic N) is 5. The molecule has 2 amide bonds. The van der Waals surface area contributed by atoms with Crippen molar-refractivity contribution >= 4 is 17.9 Å². The third-order valence-corrected chi connectivity index (χ3v) is 7.00. The van der Waals surface area contributed by atoms with E-state index in [0.29, 0.717) is 55.6 Å². The molecule has 1 fully saturated rings. The number of aromatic nitrogens is 2. The molecule has 2 aromatic carbocycles. The Bertz CT molecular complexity index is 1290. The lowest BCUT2D eigenvalue weighted by atomic mass is 10.1. The maximum Gasteiger partial charge on any atom is 0.274 e. The first kappa shape index (κ1) is 25.5. The lowest BCUT2D eigenvalue weighted by Gasteiger charge is -2.33. The van der Waals surface area contributed by atoms with E-state index >= 15 is 0 Å². The van der Waals surface area contributed by atoms with E-state index in [0.717, 1.165) is 25.2 Å². The fourth-order valence-electron chi connectivity index (χ4n) is 4.87. The van der Waals surface area contributed by atoms with Crippen molar-refractivity contribution in [2.24, 2.45) is 0 Å². The van der Waals surface area contributed by atoms with E-state index in [2.05, 4.69) is 34.3 Å². The van der Waals surface area contributed by atoms with Gasteiger partial charge in [0.25, 0.3) is 11.8 Å². The second-order valence-electron chi connectivity index (χ2n) is 9.49. The van der Waals surface area contributed by atoms with Gasteiger partial charge in [0.15, 0.2) is 5.69 Å². The SMILES string of the molecule is COc1cc(CN2CCn3nc(C(=O)N4CCN(C/C=C/c5ccccc5)CC4)cc3C2=O)cc(OC)c1. The molecular weight excluding hydrogens is 482 g/mol.